The van der Waals surface area contributed by atoms with Crippen molar-refractivity contribution < 1.29 is 24.6 Å². The molecule has 1 heterocycles. The van der Waals surface area contributed by atoms with E-state index in [-0.39, 0.29) is 30.0 Å². The number of hydrogen-bond acceptors (Lipinski definition) is 3. The minimum atomic E-state index is -1.16. The summed E-state index contributed by atoms with van der Waals surface area (Å²) < 4.78 is 0. The van der Waals surface area contributed by atoms with Crippen LogP contribution in [0, 0.1) is 0 Å². The number of amides is 1. The van der Waals surface area contributed by atoms with Crippen LogP contribution in [0.25, 0.3) is 0 Å². The van der Waals surface area contributed by atoms with Gasteiger partial charge in [-0.15, -0.1) is 0 Å². The second-order valence-corrected chi connectivity index (χ2v) is 4.93. The molecule has 90 valence electrons. The van der Waals surface area contributed by atoms with Gasteiger partial charge in [0.25, 0.3) is 0 Å². The van der Waals surface area contributed by atoms with E-state index in [4.69, 9.17) is 10.2 Å². The molecule has 2 unspecified atom stereocenters. The molecule has 0 aromatic heterocycles. The zero-order valence-corrected chi connectivity index (χ0v) is 10.0. The lowest BCUT2D eigenvalue weighted by Crippen LogP contribution is -2.42. The van der Waals surface area contributed by atoms with Gasteiger partial charge in [-0.3, -0.25) is 9.59 Å². The molecule has 0 bridgehead atoms. The van der Waals surface area contributed by atoms with E-state index >= 15 is 0 Å². The molecule has 0 spiro atoms. The number of likely N-dealkylation sites (tertiary alicyclic amines) is 1. The predicted molar refractivity (Wildman–Crippen MR) is 57.3 cm³/mol. The fraction of sp³-hybridized carbons (Fsp3) is 0.667. The van der Waals surface area contributed by atoms with Crippen LogP contribution in [-0.4, -0.2) is 50.4 Å². The van der Waals surface area contributed by atoms with Gasteiger partial charge in [0.05, 0.1) is 0 Å². The summed E-state index contributed by atoms with van der Waals surface area (Å²) in [7, 11) is 0. The first kappa shape index (κ1) is 13.0. The summed E-state index contributed by atoms with van der Waals surface area (Å²) in [6.45, 7) is 0.315. The van der Waals surface area contributed by atoms with Crippen LogP contribution in [0.5, 0.6) is 0 Å². The SMILES string of the molecule is O=C(O)CCC(C(=O)O)N1CC(Br)CC1=O. The van der Waals surface area contributed by atoms with E-state index in [2.05, 4.69) is 15.9 Å². The molecule has 1 aliphatic heterocycles. The maximum atomic E-state index is 11.5. The molecule has 7 heteroatoms. The van der Waals surface area contributed by atoms with Crippen molar-refractivity contribution in [2.75, 3.05) is 6.54 Å². The van der Waals surface area contributed by atoms with Gasteiger partial charge in [-0.05, 0) is 6.42 Å². The van der Waals surface area contributed by atoms with Gasteiger partial charge in [-0.1, -0.05) is 15.9 Å². The molecule has 2 atom stereocenters. The Kier molecular flexibility index (Phi) is 4.28. The summed E-state index contributed by atoms with van der Waals surface area (Å²) >= 11 is 3.24. The van der Waals surface area contributed by atoms with Gasteiger partial charge in [-0.2, -0.15) is 0 Å². The largest absolute Gasteiger partial charge is 0.481 e. The average molecular weight is 294 g/mol. The van der Waals surface area contributed by atoms with Crippen LogP contribution in [0.15, 0.2) is 0 Å². The standard InChI is InChI=1S/C9H12BrNO5/c10-5-3-7(12)11(4-5)6(9(15)16)1-2-8(13)14/h5-6H,1-4H2,(H,13,14)(H,15,16). The van der Waals surface area contributed by atoms with E-state index in [0.29, 0.717) is 6.54 Å². The highest BCUT2D eigenvalue weighted by Gasteiger charge is 2.36. The first-order valence-corrected chi connectivity index (χ1v) is 5.71. The smallest absolute Gasteiger partial charge is 0.326 e. The Morgan fingerprint density at radius 1 is 1.50 bits per heavy atom. The molecule has 1 amide bonds. The molecule has 0 aromatic carbocycles. The number of halogens is 1. The number of rotatable bonds is 5. The van der Waals surface area contributed by atoms with E-state index in [1.165, 1.54) is 4.90 Å². The van der Waals surface area contributed by atoms with Gasteiger partial charge in [0.15, 0.2) is 0 Å². The van der Waals surface area contributed by atoms with Crippen molar-refractivity contribution in [1.29, 1.82) is 0 Å². The summed E-state index contributed by atoms with van der Waals surface area (Å²) in [5, 5.41) is 17.4. The fourth-order valence-electron chi connectivity index (χ4n) is 1.66. The van der Waals surface area contributed by atoms with Gasteiger partial charge in [0, 0.05) is 24.2 Å². The molecule has 0 aromatic rings. The number of alkyl halides is 1. The lowest BCUT2D eigenvalue weighted by Gasteiger charge is -2.23. The highest BCUT2D eigenvalue weighted by molar-refractivity contribution is 9.09. The summed E-state index contributed by atoms with van der Waals surface area (Å²) in [4.78, 5) is 34.0. The zero-order chi connectivity index (χ0) is 12.3. The van der Waals surface area contributed by atoms with E-state index in [1.807, 2.05) is 0 Å². The molecule has 0 aliphatic carbocycles. The van der Waals surface area contributed by atoms with Crippen LogP contribution in [0.2, 0.25) is 0 Å². The first-order chi connectivity index (χ1) is 7.41. The van der Waals surface area contributed by atoms with Gasteiger partial charge in [0.1, 0.15) is 6.04 Å². The minimum absolute atomic E-state index is 0.0494. The van der Waals surface area contributed by atoms with Crippen LogP contribution in [0.4, 0.5) is 0 Å². The van der Waals surface area contributed by atoms with Gasteiger partial charge in [-0.25, -0.2) is 4.79 Å². The van der Waals surface area contributed by atoms with Gasteiger partial charge >= 0.3 is 11.9 Å². The summed E-state index contributed by atoms with van der Waals surface area (Å²) in [6.07, 6.45) is -0.0549. The molecule has 0 radical (unpaired) electrons. The van der Waals surface area contributed by atoms with E-state index in [1.54, 1.807) is 0 Å². The average Bonchev–Trinajstić information content (AvgIpc) is 2.45. The van der Waals surface area contributed by atoms with Crippen molar-refractivity contribution in [2.24, 2.45) is 0 Å². The molecule has 0 saturated carbocycles. The second-order valence-electron chi connectivity index (χ2n) is 3.63. The van der Waals surface area contributed by atoms with E-state index in [0.717, 1.165) is 0 Å². The van der Waals surface area contributed by atoms with Crippen molar-refractivity contribution in [1.82, 2.24) is 4.90 Å². The minimum Gasteiger partial charge on any atom is -0.481 e. The van der Waals surface area contributed by atoms with Crippen molar-refractivity contribution in [2.45, 2.75) is 30.1 Å². The topological polar surface area (TPSA) is 94.9 Å². The number of carboxylic acid groups (broad SMARTS) is 2. The first-order valence-electron chi connectivity index (χ1n) is 4.80. The molecular formula is C9H12BrNO5. The Balaban J connectivity index is 2.66. The third-order valence-corrected chi connectivity index (χ3v) is 3.02. The molecule has 16 heavy (non-hydrogen) atoms. The van der Waals surface area contributed by atoms with Crippen LogP contribution in [0.3, 0.4) is 0 Å². The van der Waals surface area contributed by atoms with Crippen molar-refractivity contribution in [3.05, 3.63) is 0 Å². The maximum Gasteiger partial charge on any atom is 0.326 e. The number of carbonyl (C=O) groups excluding carboxylic acids is 1. The maximum absolute atomic E-state index is 11.5. The Morgan fingerprint density at radius 3 is 2.50 bits per heavy atom. The summed E-state index contributed by atoms with van der Waals surface area (Å²) in [5.41, 5.74) is 0. The van der Waals surface area contributed by atoms with Crippen molar-refractivity contribution in [3.63, 3.8) is 0 Å². The molecule has 1 fully saturated rings. The Labute approximate surface area is 100 Å². The molecular weight excluding hydrogens is 282 g/mol. The summed E-state index contributed by atoms with van der Waals surface area (Å²) in [5.74, 6) is -2.47. The Morgan fingerprint density at radius 2 is 2.12 bits per heavy atom. The lowest BCUT2D eigenvalue weighted by atomic mass is 10.1. The molecule has 6 nitrogen and oxygen atoms in total. The molecule has 1 saturated heterocycles. The number of carbonyl (C=O) groups is 3. The van der Waals surface area contributed by atoms with Crippen LogP contribution < -0.4 is 0 Å². The predicted octanol–water partition coefficient (Wildman–Crippen LogP) is 0.300. The number of aliphatic carboxylic acids is 2. The lowest BCUT2D eigenvalue weighted by molar-refractivity contribution is -0.149. The van der Waals surface area contributed by atoms with Crippen molar-refractivity contribution >= 4 is 33.8 Å². The van der Waals surface area contributed by atoms with E-state index < -0.39 is 18.0 Å². The number of carboxylic acids is 2. The van der Waals surface area contributed by atoms with Crippen LogP contribution >= 0.6 is 15.9 Å². The quantitative estimate of drug-likeness (QED) is 0.711. The van der Waals surface area contributed by atoms with Crippen molar-refractivity contribution in [3.8, 4) is 0 Å². The summed E-state index contributed by atoms with van der Waals surface area (Å²) in [6, 6.07) is -1.04. The van der Waals surface area contributed by atoms with Gasteiger partial charge in [0.2, 0.25) is 5.91 Å². The monoisotopic (exact) mass is 293 g/mol. The third kappa shape index (κ3) is 3.19. The second kappa shape index (κ2) is 5.29. The number of hydrogen-bond donors (Lipinski definition) is 2. The normalized spacial score (nSPS) is 22.2. The van der Waals surface area contributed by atoms with E-state index in [9.17, 15) is 14.4 Å². The van der Waals surface area contributed by atoms with Gasteiger partial charge < -0.3 is 15.1 Å². The Bertz CT molecular complexity index is 319. The Hall–Kier alpha value is -1.11. The molecule has 1 aliphatic rings. The van der Waals surface area contributed by atoms with Crippen LogP contribution in [-0.2, 0) is 14.4 Å². The third-order valence-electron chi connectivity index (χ3n) is 2.40. The number of nitrogens with zero attached hydrogens (tertiary/aromatic N) is 1. The highest BCUT2D eigenvalue weighted by Crippen LogP contribution is 2.22. The molecule has 1 rings (SSSR count). The molecule has 2 N–H and O–H groups in total. The highest BCUT2D eigenvalue weighted by atomic mass is 79.9. The fourth-order valence-corrected chi connectivity index (χ4v) is 2.25. The van der Waals surface area contributed by atoms with Crippen LogP contribution in [0.1, 0.15) is 19.3 Å². The zero-order valence-electron chi connectivity index (χ0n) is 8.43.